The van der Waals surface area contributed by atoms with E-state index in [-0.39, 0.29) is 0 Å². The molecule has 2 fully saturated rings. The van der Waals surface area contributed by atoms with Gasteiger partial charge in [0.2, 0.25) is 0 Å². The number of nitriles is 1. The number of nitrogens with zero attached hydrogens (tertiary/aromatic N) is 1. The van der Waals surface area contributed by atoms with Crippen molar-refractivity contribution in [1.29, 1.82) is 5.26 Å². The first kappa shape index (κ1) is 20.2. The summed E-state index contributed by atoms with van der Waals surface area (Å²) in [5, 5.41) is 8.89. The summed E-state index contributed by atoms with van der Waals surface area (Å²) in [6.07, 6.45) is 20.5. The smallest absolute Gasteiger partial charge is 0.0991 e. The Morgan fingerprint density at radius 1 is 0.778 bits per heavy atom. The molecule has 27 heavy (non-hydrogen) atoms. The maximum Gasteiger partial charge on any atom is 0.0991 e. The SMILES string of the molecule is C=CC[C@H]1CC[C@H](CC[C@H]2CC[C@H](CCc3ccc(C#N)cc3)CC2)CC1. The molecular formula is C26H37N. The zero-order valence-corrected chi connectivity index (χ0v) is 17.0. The van der Waals surface area contributed by atoms with Gasteiger partial charge in [-0.1, -0.05) is 69.6 Å². The van der Waals surface area contributed by atoms with E-state index in [9.17, 15) is 0 Å². The van der Waals surface area contributed by atoms with Gasteiger partial charge in [0, 0.05) is 0 Å². The predicted octanol–water partition coefficient (Wildman–Crippen LogP) is 7.46. The first-order valence-electron chi connectivity index (χ1n) is 11.4. The number of hydrogen-bond acceptors (Lipinski definition) is 1. The van der Waals surface area contributed by atoms with E-state index >= 15 is 0 Å². The van der Waals surface area contributed by atoms with Gasteiger partial charge in [-0.25, -0.2) is 0 Å². The van der Waals surface area contributed by atoms with Gasteiger partial charge < -0.3 is 0 Å². The van der Waals surface area contributed by atoms with Crippen LogP contribution >= 0.6 is 0 Å². The maximum atomic E-state index is 8.89. The molecule has 2 saturated carbocycles. The van der Waals surface area contributed by atoms with Crippen molar-refractivity contribution in [2.75, 3.05) is 0 Å². The van der Waals surface area contributed by atoms with Crippen LogP contribution in [0, 0.1) is 35.0 Å². The fourth-order valence-corrected chi connectivity index (χ4v) is 5.39. The summed E-state index contributed by atoms with van der Waals surface area (Å²) in [5.41, 5.74) is 2.16. The Balaban J connectivity index is 1.29. The van der Waals surface area contributed by atoms with Gasteiger partial charge in [-0.15, -0.1) is 6.58 Å². The molecule has 0 unspecified atom stereocenters. The third-order valence-electron chi connectivity index (χ3n) is 7.34. The zero-order chi connectivity index (χ0) is 18.9. The largest absolute Gasteiger partial charge is 0.192 e. The van der Waals surface area contributed by atoms with Crippen molar-refractivity contribution in [2.45, 2.75) is 83.5 Å². The molecule has 0 spiro atoms. The van der Waals surface area contributed by atoms with Crippen molar-refractivity contribution in [3.63, 3.8) is 0 Å². The topological polar surface area (TPSA) is 23.8 Å². The number of hydrogen-bond donors (Lipinski definition) is 0. The summed E-state index contributed by atoms with van der Waals surface area (Å²) < 4.78 is 0. The van der Waals surface area contributed by atoms with E-state index in [1.165, 1.54) is 89.0 Å². The summed E-state index contributed by atoms with van der Waals surface area (Å²) in [6, 6.07) is 10.4. The summed E-state index contributed by atoms with van der Waals surface area (Å²) in [7, 11) is 0. The minimum absolute atomic E-state index is 0.772. The van der Waals surface area contributed by atoms with Crippen molar-refractivity contribution >= 4 is 0 Å². The molecule has 0 N–H and O–H groups in total. The highest BCUT2D eigenvalue weighted by Gasteiger charge is 2.24. The standard InChI is InChI=1S/C26H37N/c1-2-3-21-4-6-22(7-5-21)8-9-23-10-12-24(13-11-23)14-15-25-16-18-26(20-27)19-17-25/h2,16-19,21-24H,1,3-15H2/t21-,22-,23-,24-. The van der Waals surface area contributed by atoms with Gasteiger partial charge in [0.25, 0.3) is 0 Å². The normalized spacial score (nSPS) is 28.4. The first-order chi connectivity index (χ1) is 13.3. The molecule has 0 amide bonds. The molecule has 0 heterocycles. The quantitative estimate of drug-likeness (QED) is 0.440. The molecule has 2 aliphatic carbocycles. The Kier molecular flexibility index (Phi) is 8.00. The number of aryl methyl sites for hydroxylation is 1. The molecule has 0 saturated heterocycles. The van der Waals surface area contributed by atoms with Crippen LogP contribution in [0.3, 0.4) is 0 Å². The van der Waals surface area contributed by atoms with E-state index in [1.807, 2.05) is 12.1 Å². The van der Waals surface area contributed by atoms with E-state index < -0.39 is 0 Å². The van der Waals surface area contributed by atoms with Gasteiger partial charge >= 0.3 is 0 Å². The fourth-order valence-electron chi connectivity index (χ4n) is 5.39. The number of benzene rings is 1. The molecule has 1 aromatic rings. The minimum atomic E-state index is 0.772. The average Bonchev–Trinajstić information content (AvgIpc) is 2.73. The second-order valence-electron chi connectivity index (χ2n) is 9.22. The molecule has 2 aliphatic rings. The summed E-state index contributed by atoms with van der Waals surface area (Å²) in [5.74, 6) is 3.87. The fraction of sp³-hybridized carbons (Fsp3) is 0.654. The van der Waals surface area contributed by atoms with Crippen LogP contribution in [0.15, 0.2) is 36.9 Å². The molecule has 0 aliphatic heterocycles. The molecule has 1 nitrogen and oxygen atoms in total. The lowest BCUT2D eigenvalue weighted by molar-refractivity contribution is 0.214. The number of allylic oxidation sites excluding steroid dienone is 1. The molecule has 146 valence electrons. The Hall–Kier alpha value is -1.55. The van der Waals surface area contributed by atoms with Gasteiger partial charge in [0.05, 0.1) is 11.6 Å². The van der Waals surface area contributed by atoms with Crippen LogP contribution in [0.1, 0.15) is 88.2 Å². The van der Waals surface area contributed by atoms with Gasteiger partial charge in [-0.05, 0) is 73.5 Å². The molecular weight excluding hydrogens is 326 g/mol. The van der Waals surface area contributed by atoms with Crippen molar-refractivity contribution in [2.24, 2.45) is 23.7 Å². The van der Waals surface area contributed by atoms with Crippen LogP contribution in [0.25, 0.3) is 0 Å². The second kappa shape index (κ2) is 10.7. The second-order valence-corrected chi connectivity index (χ2v) is 9.22. The van der Waals surface area contributed by atoms with Crippen LogP contribution in [-0.2, 0) is 6.42 Å². The molecule has 0 bridgehead atoms. The van der Waals surface area contributed by atoms with Crippen LogP contribution < -0.4 is 0 Å². The molecule has 0 radical (unpaired) electrons. The van der Waals surface area contributed by atoms with Crippen LogP contribution in [0.2, 0.25) is 0 Å². The first-order valence-corrected chi connectivity index (χ1v) is 11.4. The number of rotatable bonds is 8. The van der Waals surface area contributed by atoms with Gasteiger partial charge in [0.1, 0.15) is 0 Å². The Morgan fingerprint density at radius 2 is 1.26 bits per heavy atom. The van der Waals surface area contributed by atoms with Crippen LogP contribution in [-0.4, -0.2) is 0 Å². The van der Waals surface area contributed by atoms with E-state index in [1.54, 1.807) is 0 Å². The average molecular weight is 364 g/mol. The zero-order valence-electron chi connectivity index (χ0n) is 17.0. The highest BCUT2D eigenvalue weighted by atomic mass is 14.3. The highest BCUT2D eigenvalue weighted by Crippen LogP contribution is 2.38. The maximum absolute atomic E-state index is 8.89. The molecule has 0 aromatic heterocycles. The Labute approximate surface area is 166 Å². The predicted molar refractivity (Wildman–Crippen MR) is 114 cm³/mol. The van der Waals surface area contributed by atoms with Crippen molar-refractivity contribution in [3.8, 4) is 6.07 Å². The monoisotopic (exact) mass is 363 g/mol. The third kappa shape index (κ3) is 6.53. The summed E-state index contributed by atoms with van der Waals surface area (Å²) >= 11 is 0. The van der Waals surface area contributed by atoms with E-state index in [0.717, 1.165) is 29.2 Å². The van der Waals surface area contributed by atoms with E-state index in [0.29, 0.717) is 0 Å². The minimum Gasteiger partial charge on any atom is -0.192 e. The summed E-state index contributed by atoms with van der Waals surface area (Å²) in [6.45, 7) is 3.90. The molecule has 1 heteroatoms. The van der Waals surface area contributed by atoms with Crippen molar-refractivity contribution in [1.82, 2.24) is 0 Å². The van der Waals surface area contributed by atoms with Crippen LogP contribution in [0.4, 0.5) is 0 Å². The van der Waals surface area contributed by atoms with E-state index in [4.69, 9.17) is 5.26 Å². The third-order valence-corrected chi connectivity index (χ3v) is 7.34. The Morgan fingerprint density at radius 3 is 1.74 bits per heavy atom. The van der Waals surface area contributed by atoms with Crippen molar-refractivity contribution < 1.29 is 0 Å². The van der Waals surface area contributed by atoms with Crippen LogP contribution in [0.5, 0.6) is 0 Å². The van der Waals surface area contributed by atoms with Gasteiger partial charge in [-0.2, -0.15) is 5.26 Å². The van der Waals surface area contributed by atoms with Gasteiger partial charge in [-0.3, -0.25) is 0 Å². The molecule has 3 rings (SSSR count). The lowest BCUT2D eigenvalue weighted by Gasteiger charge is -2.32. The van der Waals surface area contributed by atoms with E-state index in [2.05, 4.69) is 30.9 Å². The molecule has 0 atom stereocenters. The summed E-state index contributed by atoms with van der Waals surface area (Å²) in [4.78, 5) is 0. The molecule has 1 aromatic carbocycles. The highest BCUT2D eigenvalue weighted by molar-refractivity contribution is 5.31. The lowest BCUT2D eigenvalue weighted by atomic mass is 9.74. The lowest BCUT2D eigenvalue weighted by Crippen LogP contribution is -2.18. The van der Waals surface area contributed by atoms with Gasteiger partial charge in [0.15, 0.2) is 0 Å². The Bertz CT molecular complexity index is 592. The van der Waals surface area contributed by atoms with Crippen molar-refractivity contribution in [3.05, 3.63) is 48.0 Å².